The zero-order chi connectivity index (χ0) is 12.3. The lowest BCUT2D eigenvalue weighted by Crippen LogP contribution is -2.37. The molecule has 0 spiro atoms. The smallest absolute Gasteiger partial charge is 0.238 e. The van der Waals surface area contributed by atoms with E-state index >= 15 is 0 Å². The molecule has 1 aliphatic heterocycles. The van der Waals surface area contributed by atoms with E-state index in [1.165, 1.54) is 7.11 Å². The third-order valence-corrected chi connectivity index (χ3v) is 2.49. The number of nitrogen functional groups attached to an aromatic ring is 1. The van der Waals surface area contributed by atoms with Crippen LogP contribution in [0.2, 0.25) is 0 Å². The molecule has 0 bridgehead atoms. The zero-order valence-corrected chi connectivity index (χ0v) is 9.51. The molecular weight excluding hydrogens is 222 g/mol. The van der Waals surface area contributed by atoms with E-state index in [1.54, 1.807) is 0 Å². The van der Waals surface area contributed by atoms with Gasteiger partial charge in [0.1, 0.15) is 6.07 Å². The van der Waals surface area contributed by atoms with Gasteiger partial charge >= 0.3 is 0 Å². The summed E-state index contributed by atoms with van der Waals surface area (Å²) >= 11 is 0. The van der Waals surface area contributed by atoms with Gasteiger partial charge in [-0.1, -0.05) is 0 Å². The summed E-state index contributed by atoms with van der Waals surface area (Å²) in [6, 6.07) is 2.05. The molecule has 1 saturated heterocycles. The van der Waals surface area contributed by atoms with Crippen LogP contribution in [0, 0.1) is 11.3 Å². The Morgan fingerprint density at radius 1 is 1.41 bits per heavy atom. The third-order valence-electron chi connectivity index (χ3n) is 2.49. The van der Waals surface area contributed by atoms with Crippen molar-refractivity contribution < 1.29 is 9.47 Å². The lowest BCUT2D eigenvalue weighted by molar-refractivity contribution is 0.122. The van der Waals surface area contributed by atoms with Crippen LogP contribution in [-0.2, 0) is 4.74 Å². The van der Waals surface area contributed by atoms with Crippen molar-refractivity contribution in [3.05, 3.63) is 5.56 Å². The summed E-state index contributed by atoms with van der Waals surface area (Å²) in [7, 11) is 1.45. The van der Waals surface area contributed by atoms with Gasteiger partial charge in [-0.2, -0.15) is 15.2 Å². The Hall–Kier alpha value is -2.07. The van der Waals surface area contributed by atoms with Crippen LogP contribution in [0.3, 0.4) is 0 Å². The standard InChI is InChI=1S/C10H13N5O2/c1-16-9-7(6-11)8(13-10(12)14-9)15-2-4-17-5-3-15/h2-5H2,1H3,(H2,12,13,14). The van der Waals surface area contributed by atoms with Gasteiger partial charge < -0.3 is 20.1 Å². The Labute approximate surface area is 98.8 Å². The van der Waals surface area contributed by atoms with E-state index in [-0.39, 0.29) is 11.8 Å². The normalized spacial score (nSPS) is 15.4. The second-order valence-electron chi connectivity index (χ2n) is 3.50. The largest absolute Gasteiger partial charge is 0.480 e. The van der Waals surface area contributed by atoms with Gasteiger partial charge in [0.2, 0.25) is 11.8 Å². The molecule has 0 aliphatic carbocycles. The van der Waals surface area contributed by atoms with E-state index in [0.29, 0.717) is 37.7 Å². The van der Waals surface area contributed by atoms with E-state index in [9.17, 15) is 0 Å². The first kappa shape index (κ1) is 11.4. The Balaban J connectivity index is 2.44. The van der Waals surface area contributed by atoms with E-state index in [2.05, 4.69) is 16.0 Å². The maximum atomic E-state index is 9.14. The van der Waals surface area contributed by atoms with Gasteiger partial charge in [-0.15, -0.1) is 0 Å². The van der Waals surface area contributed by atoms with Crippen molar-refractivity contribution in [3.8, 4) is 11.9 Å². The van der Waals surface area contributed by atoms with Gasteiger partial charge in [0.05, 0.1) is 20.3 Å². The topological polar surface area (TPSA) is 97.3 Å². The highest BCUT2D eigenvalue weighted by Crippen LogP contribution is 2.26. The number of hydrogen-bond acceptors (Lipinski definition) is 7. The maximum Gasteiger partial charge on any atom is 0.238 e. The first-order valence-corrected chi connectivity index (χ1v) is 5.20. The fourth-order valence-electron chi connectivity index (χ4n) is 1.69. The molecule has 0 saturated carbocycles. The highest BCUT2D eigenvalue weighted by atomic mass is 16.5. The number of nitriles is 1. The Kier molecular flexibility index (Phi) is 3.25. The number of aromatic nitrogens is 2. The first-order chi connectivity index (χ1) is 8.26. The number of methoxy groups -OCH3 is 1. The van der Waals surface area contributed by atoms with Crippen LogP contribution in [0.1, 0.15) is 5.56 Å². The summed E-state index contributed by atoms with van der Waals surface area (Å²) in [4.78, 5) is 9.94. The average Bonchev–Trinajstić information content (AvgIpc) is 2.38. The Morgan fingerprint density at radius 2 is 2.12 bits per heavy atom. The number of nitrogens with zero attached hydrogens (tertiary/aromatic N) is 4. The van der Waals surface area contributed by atoms with Crippen LogP contribution in [0.25, 0.3) is 0 Å². The molecule has 7 heteroatoms. The van der Waals surface area contributed by atoms with Gasteiger partial charge in [0, 0.05) is 13.1 Å². The highest BCUT2D eigenvalue weighted by molar-refractivity contribution is 5.60. The molecule has 1 fully saturated rings. The van der Waals surface area contributed by atoms with E-state index < -0.39 is 0 Å². The second kappa shape index (κ2) is 4.84. The Morgan fingerprint density at radius 3 is 2.71 bits per heavy atom. The summed E-state index contributed by atoms with van der Waals surface area (Å²) < 4.78 is 10.3. The summed E-state index contributed by atoms with van der Waals surface area (Å²) in [6.45, 7) is 2.57. The molecule has 1 aliphatic rings. The fourth-order valence-corrected chi connectivity index (χ4v) is 1.69. The number of ether oxygens (including phenoxy) is 2. The van der Waals surface area contributed by atoms with Crippen molar-refractivity contribution in [2.75, 3.05) is 44.0 Å². The molecule has 17 heavy (non-hydrogen) atoms. The summed E-state index contributed by atoms with van der Waals surface area (Å²) in [6.07, 6.45) is 0. The second-order valence-corrected chi connectivity index (χ2v) is 3.50. The van der Waals surface area contributed by atoms with Crippen LogP contribution in [-0.4, -0.2) is 43.4 Å². The summed E-state index contributed by atoms with van der Waals surface area (Å²) in [5, 5.41) is 9.14. The fraction of sp³-hybridized carbons (Fsp3) is 0.500. The predicted molar refractivity (Wildman–Crippen MR) is 60.7 cm³/mol. The maximum absolute atomic E-state index is 9.14. The minimum atomic E-state index is 0.0994. The highest BCUT2D eigenvalue weighted by Gasteiger charge is 2.21. The molecule has 2 heterocycles. The molecule has 0 amide bonds. The minimum absolute atomic E-state index is 0.0994. The van der Waals surface area contributed by atoms with Gasteiger partial charge in [-0.05, 0) is 0 Å². The molecule has 1 aromatic rings. The van der Waals surface area contributed by atoms with Crippen molar-refractivity contribution in [1.82, 2.24) is 9.97 Å². The lowest BCUT2D eigenvalue weighted by atomic mass is 10.2. The monoisotopic (exact) mass is 235 g/mol. The number of anilines is 2. The van der Waals surface area contributed by atoms with Gasteiger partial charge in [-0.3, -0.25) is 0 Å². The lowest BCUT2D eigenvalue weighted by Gasteiger charge is -2.28. The quantitative estimate of drug-likeness (QED) is 0.756. The van der Waals surface area contributed by atoms with Crippen LogP contribution in [0.15, 0.2) is 0 Å². The average molecular weight is 235 g/mol. The number of hydrogen-bond donors (Lipinski definition) is 1. The van der Waals surface area contributed by atoms with Crippen molar-refractivity contribution in [3.63, 3.8) is 0 Å². The first-order valence-electron chi connectivity index (χ1n) is 5.20. The molecule has 7 nitrogen and oxygen atoms in total. The molecule has 2 rings (SSSR count). The van der Waals surface area contributed by atoms with Crippen LogP contribution in [0.4, 0.5) is 11.8 Å². The molecule has 0 atom stereocenters. The number of rotatable bonds is 2. The van der Waals surface area contributed by atoms with Crippen LogP contribution in [0.5, 0.6) is 5.88 Å². The molecule has 90 valence electrons. The van der Waals surface area contributed by atoms with E-state index in [1.807, 2.05) is 4.90 Å². The predicted octanol–water partition coefficient (Wildman–Crippen LogP) is -0.224. The number of morpholine rings is 1. The van der Waals surface area contributed by atoms with Crippen LogP contribution < -0.4 is 15.4 Å². The van der Waals surface area contributed by atoms with Crippen molar-refractivity contribution in [2.45, 2.75) is 0 Å². The molecule has 0 radical (unpaired) electrons. The molecule has 0 aromatic carbocycles. The van der Waals surface area contributed by atoms with Crippen molar-refractivity contribution in [2.24, 2.45) is 0 Å². The summed E-state index contributed by atoms with van der Waals surface area (Å²) in [5.41, 5.74) is 5.90. The van der Waals surface area contributed by atoms with E-state index in [0.717, 1.165) is 0 Å². The zero-order valence-electron chi connectivity index (χ0n) is 9.51. The van der Waals surface area contributed by atoms with E-state index in [4.69, 9.17) is 20.5 Å². The van der Waals surface area contributed by atoms with Gasteiger partial charge in [0.15, 0.2) is 11.4 Å². The molecular formula is C10H13N5O2. The molecule has 2 N–H and O–H groups in total. The van der Waals surface area contributed by atoms with Crippen LogP contribution >= 0.6 is 0 Å². The van der Waals surface area contributed by atoms with Crippen molar-refractivity contribution in [1.29, 1.82) is 5.26 Å². The molecule has 1 aromatic heterocycles. The van der Waals surface area contributed by atoms with Gasteiger partial charge in [0.25, 0.3) is 0 Å². The molecule has 0 unspecified atom stereocenters. The number of nitrogens with two attached hydrogens (primary N) is 1. The SMILES string of the molecule is COc1nc(N)nc(N2CCOCC2)c1C#N. The summed E-state index contributed by atoms with van der Waals surface area (Å²) in [5.74, 6) is 0.823. The third kappa shape index (κ3) is 2.21. The Bertz CT molecular complexity index is 451. The van der Waals surface area contributed by atoms with Crippen molar-refractivity contribution >= 4 is 11.8 Å². The van der Waals surface area contributed by atoms with Gasteiger partial charge in [-0.25, -0.2) is 0 Å². The minimum Gasteiger partial charge on any atom is -0.480 e.